The van der Waals surface area contributed by atoms with Gasteiger partial charge in [-0.3, -0.25) is 0 Å². The second kappa shape index (κ2) is 17.5. The highest BCUT2D eigenvalue weighted by atomic mass is 16.6. The number of rotatable bonds is 22. The average molecular weight is 579 g/mol. The molecule has 2 aliphatic rings. The van der Waals surface area contributed by atoms with Gasteiger partial charge in [0, 0.05) is 0 Å². The standard InChI is InChI=1S/C34H42O8/c1-5-29(6-2-27(1)21-37-17-13-35-15-19-39-23-33-25-41-33)31-9-11-32(12-10-31)30-7-3-28(4-8-30)22-38-18-14-36-16-20-40-24-34-26-42-34/h1-12,33-34H,13-26H2. The number of epoxide rings is 2. The highest BCUT2D eigenvalue weighted by Crippen LogP contribution is 2.26. The van der Waals surface area contributed by atoms with Crippen molar-refractivity contribution >= 4 is 0 Å². The fourth-order valence-electron chi connectivity index (χ4n) is 4.26. The Morgan fingerprint density at radius 2 is 0.690 bits per heavy atom. The van der Waals surface area contributed by atoms with Crippen LogP contribution in [0.1, 0.15) is 11.1 Å². The van der Waals surface area contributed by atoms with Crippen LogP contribution < -0.4 is 0 Å². The minimum absolute atomic E-state index is 0.301. The van der Waals surface area contributed by atoms with E-state index in [-0.39, 0.29) is 0 Å². The third kappa shape index (κ3) is 11.6. The van der Waals surface area contributed by atoms with Gasteiger partial charge in [0.15, 0.2) is 0 Å². The van der Waals surface area contributed by atoms with Crippen molar-refractivity contribution in [3.63, 3.8) is 0 Å². The van der Waals surface area contributed by atoms with Crippen LogP contribution in [0, 0.1) is 0 Å². The quantitative estimate of drug-likeness (QED) is 0.123. The minimum atomic E-state index is 0.301. The summed E-state index contributed by atoms with van der Waals surface area (Å²) in [6.45, 7) is 8.70. The van der Waals surface area contributed by atoms with E-state index in [9.17, 15) is 0 Å². The number of benzene rings is 3. The zero-order valence-corrected chi connectivity index (χ0v) is 24.2. The number of hydrogen-bond acceptors (Lipinski definition) is 8. The summed E-state index contributed by atoms with van der Waals surface area (Å²) >= 11 is 0. The fraction of sp³-hybridized carbons (Fsp3) is 0.471. The molecule has 2 heterocycles. The molecular formula is C34H42O8. The molecular weight excluding hydrogens is 536 g/mol. The molecule has 2 saturated heterocycles. The van der Waals surface area contributed by atoms with E-state index in [0.29, 0.717) is 91.5 Å². The summed E-state index contributed by atoms with van der Waals surface area (Å²) in [6, 6.07) is 25.7. The Bertz CT molecular complexity index is 1050. The molecule has 3 aromatic carbocycles. The first-order valence-corrected chi connectivity index (χ1v) is 14.8. The van der Waals surface area contributed by atoms with Gasteiger partial charge in [0.1, 0.15) is 12.2 Å². The van der Waals surface area contributed by atoms with Gasteiger partial charge in [-0.05, 0) is 33.4 Å². The third-order valence-corrected chi connectivity index (χ3v) is 6.90. The van der Waals surface area contributed by atoms with Crippen molar-refractivity contribution in [3.8, 4) is 22.3 Å². The Kier molecular flexibility index (Phi) is 12.8. The van der Waals surface area contributed by atoms with Crippen molar-refractivity contribution in [3.05, 3.63) is 83.9 Å². The molecule has 2 unspecified atom stereocenters. The van der Waals surface area contributed by atoms with Crippen LogP contribution in [-0.2, 0) is 51.1 Å². The SMILES string of the molecule is c1cc(-c2ccc(-c3ccc(COCCOCCOCC4CO4)cc3)cc2)ccc1COCCOCCOCC1CO1. The summed E-state index contributed by atoms with van der Waals surface area (Å²) in [5, 5.41) is 0. The molecule has 2 atom stereocenters. The molecule has 0 saturated carbocycles. The zero-order chi connectivity index (χ0) is 28.7. The van der Waals surface area contributed by atoms with Gasteiger partial charge in [-0.15, -0.1) is 0 Å². The maximum Gasteiger partial charge on any atom is 0.104 e. The van der Waals surface area contributed by atoms with E-state index in [1.165, 1.54) is 22.3 Å². The van der Waals surface area contributed by atoms with Gasteiger partial charge in [-0.2, -0.15) is 0 Å². The summed E-state index contributed by atoms with van der Waals surface area (Å²) < 4.78 is 43.6. The molecule has 0 amide bonds. The molecule has 8 heteroatoms. The van der Waals surface area contributed by atoms with Crippen LogP contribution in [0.4, 0.5) is 0 Å². The first-order valence-electron chi connectivity index (χ1n) is 14.8. The second-order valence-corrected chi connectivity index (χ2v) is 10.4. The van der Waals surface area contributed by atoms with Gasteiger partial charge >= 0.3 is 0 Å². The largest absolute Gasteiger partial charge is 0.377 e. The van der Waals surface area contributed by atoms with Gasteiger partial charge in [0.2, 0.25) is 0 Å². The van der Waals surface area contributed by atoms with Crippen LogP contribution in [0.5, 0.6) is 0 Å². The van der Waals surface area contributed by atoms with Crippen molar-refractivity contribution in [2.75, 3.05) is 79.3 Å². The first-order chi connectivity index (χ1) is 20.8. The van der Waals surface area contributed by atoms with E-state index in [2.05, 4.69) is 72.8 Å². The molecule has 0 N–H and O–H groups in total. The van der Waals surface area contributed by atoms with Crippen molar-refractivity contribution in [2.45, 2.75) is 25.4 Å². The molecule has 0 aromatic heterocycles. The van der Waals surface area contributed by atoms with Crippen LogP contribution in [0.25, 0.3) is 22.3 Å². The summed E-state index contributed by atoms with van der Waals surface area (Å²) in [5.74, 6) is 0. The van der Waals surface area contributed by atoms with E-state index in [4.69, 9.17) is 37.9 Å². The zero-order valence-electron chi connectivity index (χ0n) is 24.2. The lowest BCUT2D eigenvalue weighted by atomic mass is 9.99. The second-order valence-electron chi connectivity index (χ2n) is 10.4. The summed E-state index contributed by atoms with van der Waals surface area (Å²) in [5.41, 5.74) is 7.02. The molecule has 3 aromatic rings. The molecule has 0 radical (unpaired) electrons. The van der Waals surface area contributed by atoms with Crippen LogP contribution in [0.3, 0.4) is 0 Å². The smallest absolute Gasteiger partial charge is 0.104 e. The molecule has 0 aliphatic carbocycles. The number of hydrogen-bond donors (Lipinski definition) is 0. The lowest BCUT2D eigenvalue weighted by molar-refractivity contribution is 0.00820. The monoisotopic (exact) mass is 578 g/mol. The molecule has 5 rings (SSSR count). The van der Waals surface area contributed by atoms with Gasteiger partial charge in [-0.1, -0.05) is 72.8 Å². The molecule has 8 nitrogen and oxygen atoms in total. The maximum atomic E-state index is 5.74. The Labute approximate surface area is 248 Å². The Hall–Kier alpha value is -2.66. The molecule has 2 fully saturated rings. The summed E-state index contributed by atoms with van der Waals surface area (Å²) in [6.07, 6.45) is 0.603. The topological polar surface area (TPSA) is 80.4 Å². The fourth-order valence-corrected chi connectivity index (χ4v) is 4.26. The van der Waals surface area contributed by atoms with Gasteiger partial charge in [-0.25, -0.2) is 0 Å². The van der Waals surface area contributed by atoms with E-state index < -0.39 is 0 Å². The van der Waals surface area contributed by atoms with Crippen LogP contribution in [0.15, 0.2) is 72.8 Å². The predicted molar refractivity (Wildman–Crippen MR) is 159 cm³/mol. The van der Waals surface area contributed by atoms with Crippen LogP contribution in [0.2, 0.25) is 0 Å². The lowest BCUT2D eigenvalue weighted by Gasteiger charge is -2.09. The Morgan fingerprint density at radius 3 is 1.02 bits per heavy atom. The normalized spacial score (nSPS) is 17.4. The van der Waals surface area contributed by atoms with E-state index >= 15 is 0 Å². The van der Waals surface area contributed by atoms with Crippen molar-refractivity contribution in [2.24, 2.45) is 0 Å². The van der Waals surface area contributed by atoms with E-state index in [1.807, 2.05) is 0 Å². The molecule has 0 spiro atoms. The van der Waals surface area contributed by atoms with E-state index in [0.717, 1.165) is 24.3 Å². The van der Waals surface area contributed by atoms with Crippen molar-refractivity contribution in [1.82, 2.24) is 0 Å². The van der Waals surface area contributed by atoms with Gasteiger partial charge in [0.05, 0.1) is 92.5 Å². The lowest BCUT2D eigenvalue weighted by Crippen LogP contribution is -2.11. The summed E-state index contributed by atoms with van der Waals surface area (Å²) in [4.78, 5) is 0. The Balaban J connectivity index is 0.940. The van der Waals surface area contributed by atoms with Crippen LogP contribution in [-0.4, -0.2) is 91.5 Å². The minimum Gasteiger partial charge on any atom is -0.377 e. The average Bonchev–Trinajstić information content (AvgIpc) is 3.97. The highest BCUT2D eigenvalue weighted by molar-refractivity contribution is 5.70. The van der Waals surface area contributed by atoms with Gasteiger partial charge < -0.3 is 37.9 Å². The predicted octanol–water partition coefficient (Wildman–Crippen LogP) is 4.92. The van der Waals surface area contributed by atoms with Crippen molar-refractivity contribution in [1.29, 1.82) is 0 Å². The van der Waals surface area contributed by atoms with Crippen LogP contribution >= 0.6 is 0 Å². The first kappa shape index (κ1) is 30.8. The van der Waals surface area contributed by atoms with E-state index in [1.54, 1.807) is 0 Å². The Morgan fingerprint density at radius 1 is 0.405 bits per heavy atom. The summed E-state index contributed by atoms with van der Waals surface area (Å²) in [7, 11) is 0. The highest BCUT2D eigenvalue weighted by Gasteiger charge is 2.22. The third-order valence-electron chi connectivity index (χ3n) is 6.90. The number of ether oxygens (including phenoxy) is 8. The molecule has 0 bridgehead atoms. The van der Waals surface area contributed by atoms with Gasteiger partial charge in [0.25, 0.3) is 0 Å². The molecule has 226 valence electrons. The molecule has 42 heavy (non-hydrogen) atoms. The maximum absolute atomic E-state index is 5.74. The van der Waals surface area contributed by atoms with Crippen molar-refractivity contribution < 1.29 is 37.9 Å². The molecule has 2 aliphatic heterocycles.